The van der Waals surface area contributed by atoms with E-state index in [-0.39, 0.29) is 6.42 Å². The summed E-state index contributed by atoms with van der Waals surface area (Å²) < 4.78 is 0. The first-order valence-electron chi connectivity index (χ1n) is 10.3. The first kappa shape index (κ1) is 20.0. The van der Waals surface area contributed by atoms with Crippen LogP contribution < -0.4 is 0 Å². The molecule has 5 heteroatoms. The molecule has 30 heavy (non-hydrogen) atoms. The lowest BCUT2D eigenvalue weighted by molar-refractivity contribution is -0.137. The quantitative estimate of drug-likeness (QED) is 0.399. The van der Waals surface area contributed by atoms with E-state index in [1.807, 2.05) is 36.4 Å². The Labute approximate surface area is 176 Å². The predicted octanol–water partition coefficient (Wildman–Crippen LogP) is 5.04. The van der Waals surface area contributed by atoms with E-state index in [1.54, 1.807) is 0 Å². The van der Waals surface area contributed by atoms with Crippen molar-refractivity contribution in [2.24, 2.45) is 0 Å². The van der Waals surface area contributed by atoms with Crippen molar-refractivity contribution >= 4 is 27.8 Å². The fourth-order valence-electron chi connectivity index (χ4n) is 3.68. The van der Waals surface area contributed by atoms with Crippen LogP contribution in [-0.4, -0.2) is 32.5 Å². The summed E-state index contributed by atoms with van der Waals surface area (Å²) in [7, 11) is 0. The summed E-state index contributed by atoms with van der Waals surface area (Å²) >= 11 is 0. The molecule has 0 amide bonds. The van der Waals surface area contributed by atoms with Crippen molar-refractivity contribution < 1.29 is 9.90 Å². The second kappa shape index (κ2) is 9.46. The van der Waals surface area contributed by atoms with Gasteiger partial charge in [0.1, 0.15) is 0 Å². The summed E-state index contributed by atoms with van der Waals surface area (Å²) in [5.41, 5.74) is 4.00. The summed E-state index contributed by atoms with van der Waals surface area (Å²) in [5, 5.41) is 11.2. The summed E-state index contributed by atoms with van der Waals surface area (Å²) in [6.45, 7) is 2.20. The summed E-state index contributed by atoms with van der Waals surface area (Å²) in [6, 6.07) is 24.6. The Morgan fingerprint density at radius 3 is 1.80 bits per heavy atom. The molecule has 0 atom stereocenters. The number of pyridine rings is 2. The Balaban J connectivity index is 1.51. The minimum absolute atomic E-state index is 0.205. The van der Waals surface area contributed by atoms with Crippen LogP contribution >= 0.6 is 0 Å². The highest BCUT2D eigenvalue weighted by Crippen LogP contribution is 2.17. The molecule has 0 aliphatic rings. The van der Waals surface area contributed by atoms with Crippen molar-refractivity contribution in [1.29, 1.82) is 0 Å². The Morgan fingerprint density at radius 2 is 1.27 bits per heavy atom. The molecule has 5 nitrogen and oxygen atoms in total. The largest absolute Gasteiger partial charge is 0.481 e. The van der Waals surface area contributed by atoms with Crippen LogP contribution in [0.3, 0.4) is 0 Å². The normalized spacial score (nSPS) is 11.4. The Morgan fingerprint density at radius 1 is 0.733 bits per heavy atom. The van der Waals surface area contributed by atoms with E-state index >= 15 is 0 Å². The van der Waals surface area contributed by atoms with Gasteiger partial charge in [-0.25, -0.2) is 0 Å². The number of benzene rings is 2. The van der Waals surface area contributed by atoms with E-state index in [0.29, 0.717) is 19.5 Å². The van der Waals surface area contributed by atoms with Gasteiger partial charge in [-0.2, -0.15) is 0 Å². The van der Waals surface area contributed by atoms with Crippen LogP contribution in [-0.2, 0) is 17.9 Å². The molecule has 2 aromatic heterocycles. The first-order valence-corrected chi connectivity index (χ1v) is 10.3. The van der Waals surface area contributed by atoms with Crippen LogP contribution in [0, 0.1) is 0 Å². The monoisotopic (exact) mass is 399 g/mol. The molecular formula is C25H25N3O2. The third-order valence-corrected chi connectivity index (χ3v) is 5.20. The zero-order valence-corrected chi connectivity index (χ0v) is 16.9. The zero-order valence-electron chi connectivity index (χ0n) is 16.9. The molecule has 1 N–H and O–H groups in total. The van der Waals surface area contributed by atoms with Gasteiger partial charge in [0, 0.05) is 30.3 Å². The Hall–Kier alpha value is -3.31. The van der Waals surface area contributed by atoms with Gasteiger partial charge in [-0.3, -0.25) is 19.7 Å². The molecular weight excluding hydrogens is 374 g/mol. The molecule has 0 aliphatic heterocycles. The van der Waals surface area contributed by atoms with Gasteiger partial charge in [0.25, 0.3) is 0 Å². The number of aliphatic carboxylic acids is 1. The fraction of sp³-hybridized carbons (Fsp3) is 0.240. The van der Waals surface area contributed by atoms with E-state index in [0.717, 1.165) is 46.2 Å². The smallest absolute Gasteiger partial charge is 0.303 e. The lowest BCUT2D eigenvalue weighted by Gasteiger charge is -2.22. The molecule has 0 aliphatic carbocycles. The molecule has 0 spiro atoms. The van der Waals surface area contributed by atoms with Crippen LogP contribution in [0.2, 0.25) is 0 Å². The molecule has 0 unspecified atom stereocenters. The third kappa shape index (κ3) is 5.19. The van der Waals surface area contributed by atoms with Gasteiger partial charge in [0.05, 0.1) is 22.4 Å². The molecule has 152 valence electrons. The number of para-hydroxylation sites is 2. The number of nitrogens with zero attached hydrogens (tertiary/aromatic N) is 3. The van der Waals surface area contributed by atoms with Crippen molar-refractivity contribution in [1.82, 2.24) is 14.9 Å². The second-order valence-corrected chi connectivity index (χ2v) is 7.55. The van der Waals surface area contributed by atoms with Gasteiger partial charge in [0.2, 0.25) is 0 Å². The topological polar surface area (TPSA) is 66.3 Å². The number of carboxylic acid groups (broad SMARTS) is 1. The number of aromatic nitrogens is 2. The molecule has 4 aromatic rings. The van der Waals surface area contributed by atoms with Crippen molar-refractivity contribution in [3.63, 3.8) is 0 Å². The maximum Gasteiger partial charge on any atom is 0.303 e. The second-order valence-electron chi connectivity index (χ2n) is 7.55. The molecule has 0 saturated heterocycles. The van der Waals surface area contributed by atoms with Crippen LogP contribution in [0.5, 0.6) is 0 Å². The minimum Gasteiger partial charge on any atom is -0.481 e. The lowest BCUT2D eigenvalue weighted by Crippen LogP contribution is -2.25. The maximum absolute atomic E-state index is 10.8. The average Bonchev–Trinajstić information content (AvgIpc) is 2.76. The molecule has 0 fully saturated rings. The first-order chi connectivity index (χ1) is 14.7. The highest BCUT2D eigenvalue weighted by Gasteiger charge is 2.11. The van der Waals surface area contributed by atoms with Gasteiger partial charge >= 0.3 is 5.97 Å². The number of unbranched alkanes of at least 4 members (excludes halogenated alkanes) is 1. The van der Waals surface area contributed by atoms with Crippen molar-refractivity contribution in [3.05, 3.63) is 84.2 Å². The standard InChI is InChI=1S/C25H25N3O2/c29-25(30)11-5-6-16-28(17-21-14-12-19-7-1-3-9-23(19)26-21)18-22-15-13-20-8-2-4-10-24(20)27-22/h1-4,7-10,12-15H,5-6,11,16-18H2,(H,29,30). The van der Waals surface area contributed by atoms with E-state index in [2.05, 4.69) is 41.3 Å². The fourth-order valence-corrected chi connectivity index (χ4v) is 3.68. The van der Waals surface area contributed by atoms with Crippen molar-refractivity contribution in [3.8, 4) is 0 Å². The van der Waals surface area contributed by atoms with Gasteiger partial charge in [-0.15, -0.1) is 0 Å². The summed E-state index contributed by atoms with van der Waals surface area (Å²) in [6.07, 6.45) is 1.70. The summed E-state index contributed by atoms with van der Waals surface area (Å²) in [5.74, 6) is -0.742. The predicted molar refractivity (Wildman–Crippen MR) is 119 cm³/mol. The maximum atomic E-state index is 10.8. The molecule has 0 radical (unpaired) electrons. The van der Waals surface area contributed by atoms with Gasteiger partial charge < -0.3 is 5.11 Å². The number of rotatable bonds is 9. The highest BCUT2D eigenvalue weighted by atomic mass is 16.4. The molecule has 2 heterocycles. The third-order valence-electron chi connectivity index (χ3n) is 5.20. The number of carboxylic acids is 1. The number of hydrogen-bond donors (Lipinski definition) is 1. The summed E-state index contributed by atoms with van der Waals surface area (Å²) in [4.78, 5) is 22.8. The Bertz CT molecular complexity index is 1080. The minimum atomic E-state index is -0.742. The van der Waals surface area contributed by atoms with Gasteiger partial charge in [0.15, 0.2) is 0 Å². The molecule has 0 saturated carbocycles. The zero-order chi connectivity index (χ0) is 20.8. The SMILES string of the molecule is O=C(O)CCCCN(Cc1ccc2ccccc2n1)Cc1ccc2ccccc2n1. The molecule has 2 aromatic carbocycles. The van der Waals surface area contributed by atoms with Crippen molar-refractivity contribution in [2.75, 3.05) is 6.54 Å². The van der Waals surface area contributed by atoms with Crippen LogP contribution in [0.25, 0.3) is 21.8 Å². The average molecular weight is 399 g/mol. The van der Waals surface area contributed by atoms with Gasteiger partial charge in [-0.05, 0) is 43.7 Å². The van der Waals surface area contributed by atoms with Crippen LogP contribution in [0.4, 0.5) is 0 Å². The highest BCUT2D eigenvalue weighted by molar-refractivity contribution is 5.79. The van der Waals surface area contributed by atoms with E-state index in [9.17, 15) is 4.79 Å². The van der Waals surface area contributed by atoms with E-state index in [1.165, 1.54) is 0 Å². The van der Waals surface area contributed by atoms with Crippen LogP contribution in [0.15, 0.2) is 72.8 Å². The number of hydrogen-bond acceptors (Lipinski definition) is 4. The van der Waals surface area contributed by atoms with E-state index < -0.39 is 5.97 Å². The molecule has 0 bridgehead atoms. The lowest BCUT2D eigenvalue weighted by atomic mass is 10.1. The number of fused-ring (bicyclic) bond motifs is 2. The number of carbonyl (C=O) groups is 1. The van der Waals surface area contributed by atoms with Crippen molar-refractivity contribution in [2.45, 2.75) is 32.4 Å². The van der Waals surface area contributed by atoms with Gasteiger partial charge in [-0.1, -0.05) is 48.5 Å². The van der Waals surface area contributed by atoms with Crippen LogP contribution in [0.1, 0.15) is 30.7 Å². The molecule has 4 rings (SSSR count). The Kier molecular flexibility index (Phi) is 6.30. The van der Waals surface area contributed by atoms with E-state index in [4.69, 9.17) is 15.1 Å².